The van der Waals surface area contributed by atoms with Gasteiger partial charge in [0, 0.05) is 0 Å². The van der Waals surface area contributed by atoms with Crippen LogP contribution in [0, 0.1) is 6.92 Å². The molecule has 0 aliphatic rings. The number of benzene rings is 2. The lowest BCUT2D eigenvalue weighted by Crippen LogP contribution is -2.13. The number of hydrogen-bond acceptors (Lipinski definition) is 3. The molecular weight excluding hydrogens is 308 g/mol. The molecule has 0 spiro atoms. The largest absolute Gasteiger partial charge is 0.379 e. The van der Waals surface area contributed by atoms with Gasteiger partial charge in [-0.1, -0.05) is 63.3 Å². The van der Waals surface area contributed by atoms with E-state index in [1.54, 1.807) is 30.3 Å². The van der Waals surface area contributed by atoms with Crippen LogP contribution < -0.4 is 4.18 Å². The van der Waals surface area contributed by atoms with Crippen molar-refractivity contribution >= 4 is 16.2 Å². The third-order valence-electron chi connectivity index (χ3n) is 3.58. The summed E-state index contributed by atoms with van der Waals surface area (Å²) in [4.78, 5) is 0.123. The number of aryl methyl sites for hydroxylation is 1. The Hall–Kier alpha value is -2.07. The molecule has 0 bridgehead atoms. The highest BCUT2D eigenvalue weighted by Crippen LogP contribution is 2.27. The van der Waals surface area contributed by atoms with Crippen LogP contribution in [0.15, 0.2) is 53.9 Å². The van der Waals surface area contributed by atoms with Crippen molar-refractivity contribution in [2.45, 2.75) is 38.0 Å². The van der Waals surface area contributed by atoms with E-state index in [9.17, 15) is 8.42 Å². The highest BCUT2D eigenvalue weighted by atomic mass is 32.2. The summed E-state index contributed by atoms with van der Waals surface area (Å²) >= 11 is 0. The summed E-state index contributed by atoms with van der Waals surface area (Å²) in [5, 5.41) is 0. The van der Waals surface area contributed by atoms with Gasteiger partial charge in [-0.15, -0.1) is 0 Å². The average Bonchev–Trinajstić information content (AvgIpc) is 2.46. The van der Waals surface area contributed by atoms with Gasteiger partial charge in [-0.3, -0.25) is 0 Å². The van der Waals surface area contributed by atoms with Crippen LogP contribution in [0.25, 0.3) is 6.08 Å². The van der Waals surface area contributed by atoms with Crippen LogP contribution in [0.5, 0.6) is 5.75 Å². The Balaban J connectivity index is 2.34. The Morgan fingerprint density at radius 1 is 1.04 bits per heavy atom. The fourth-order valence-electron chi connectivity index (χ4n) is 2.24. The van der Waals surface area contributed by atoms with E-state index < -0.39 is 10.1 Å². The standard InChI is InChI=1S/C19H22O3S/c1-6-15-13-14(2)7-12-18(15)23(20,21)22-17-10-8-16(9-11-17)19(3,4)5/h6-13H,1H2,2-5H3. The molecule has 2 aromatic carbocycles. The molecule has 4 heteroatoms. The van der Waals surface area contributed by atoms with Gasteiger partial charge in [0.05, 0.1) is 0 Å². The van der Waals surface area contributed by atoms with Crippen LogP contribution in [0.2, 0.25) is 0 Å². The monoisotopic (exact) mass is 330 g/mol. The summed E-state index contributed by atoms with van der Waals surface area (Å²) in [6, 6.07) is 12.2. The van der Waals surface area contributed by atoms with E-state index in [1.807, 2.05) is 19.1 Å². The first kappa shape index (κ1) is 17.3. The molecule has 3 nitrogen and oxygen atoms in total. The molecule has 0 N–H and O–H groups in total. The second kappa shape index (κ2) is 6.20. The van der Waals surface area contributed by atoms with E-state index in [0.717, 1.165) is 11.1 Å². The van der Waals surface area contributed by atoms with Crippen molar-refractivity contribution in [1.82, 2.24) is 0 Å². The molecule has 0 amide bonds. The van der Waals surface area contributed by atoms with Gasteiger partial charge >= 0.3 is 10.1 Å². The molecule has 0 radical (unpaired) electrons. The van der Waals surface area contributed by atoms with Gasteiger partial charge in [0.25, 0.3) is 0 Å². The highest BCUT2D eigenvalue weighted by molar-refractivity contribution is 7.87. The summed E-state index contributed by atoms with van der Waals surface area (Å²) in [6.07, 6.45) is 1.52. The SMILES string of the molecule is C=Cc1cc(C)ccc1S(=O)(=O)Oc1ccc(C(C)(C)C)cc1. The molecule has 122 valence electrons. The van der Waals surface area contributed by atoms with Gasteiger partial charge in [0.2, 0.25) is 0 Å². The van der Waals surface area contributed by atoms with E-state index in [-0.39, 0.29) is 10.3 Å². The van der Waals surface area contributed by atoms with Crippen molar-refractivity contribution in [3.8, 4) is 5.75 Å². The quantitative estimate of drug-likeness (QED) is 0.763. The third-order valence-corrected chi connectivity index (χ3v) is 4.90. The van der Waals surface area contributed by atoms with E-state index in [1.165, 1.54) is 6.08 Å². The van der Waals surface area contributed by atoms with Crippen molar-refractivity contribution < 1.29 is 12.6 Å². The van der Waals surface area contributed by atoms with Crippen molar-refractivity contribution in [2.75, 3.05) is 0 Å². The fraction of sp³-hybridized carbons (Fsp3) is 0.263. The highest BCUT2D eigenvalue weighted by Gasteiger charge is 2.20. The second-order valence-corrected chi connectivity index (χ2v) is 8.07. The van der Waals surface area contributed by atoms with Crippen molar-refractivity contribution in [2.24, 2.45) is 0 Å². The van der Waals surface area contributed by atoms with Crippen molar-refractivity contribution in [1.29, 1.82) is 0 Å². The van der Waals surface area contributed by atoms with Crippen LogP contribution in [0.1, 0.15) is 37.5 Å². The van der Waals surface area contributed by atoms with Gasteiger partial charge in [-0.2, -0.15) is 8.42 Å². The van der Waals surface area contributed by atoms with Crippen molar-refractivity contribution in [3.05, 3.63) is 65.7 Å². The molecule has 0 atom stereocenters. The lowest BCUT2D eigenvalue weighted by atomic mass is 9.87. The maximum absolute atomic E-state index is 12.5. The van der Waals surface area contributed by atoms with Crippen LogP contribution in [-0.2, 0) is 15.5 Å². The van der Waals surface area contributed by atoms with E-state index in [0.29, 0.717) is 11.3 Å². The molecule has 0 aromatic heterocycles. The first-order valence-corrected chi connectivity index (χ1v) is 8.82. The Bertz CT molecular complexity index is 811. The smallest absolute Gasteiger partial charge is 0.339 e. The summed E-state index contributed by atoms with van der Waals surface area (Å²) in [6.45, 7) is 11.9. The minimum atomic E-state index is -3.89. The zero-order chi connectivity index (χ0) is 17.3. The van der Waals surface area contributed by atoms with Crippen molar-refractivity contribution in [3.63, 3.8) is 0 Å². The van der Waals surface area contributed by atoms with Gasteiger partial charge in [-0.25, -0.2) is 0 Å². The molecule has 0 unspecified atom stereocenters. The second-order valence-electron chi connectivity index (χ2n) is 6.56. The molecule has 0 aliphatic heterocycles. The Kier molecular flexibility index (Phi) is 4.66. The maximum atomic E-state index is 12.5. The molecule has 2 rings (SSSR count). The van der Waals surface area contributed by atoms with Gasteiger partial charge in [0.1, 0.15) is 10.6 Å². The maximum Gasteiger partial charge on any atom is 0.339 e. The summed E-state index contributed by atoms with van der Waals surface area (Å²) in [5.74, 6) is 0.300. The Morgan fingerprint density at radius 3 is 2.17 bits per heavy atom. The average molecular weight is 330 g/mol. The first-order chi connectivity index (χ1) is 10.6. The van der Waals surface area contributed by atoms with Crippen LogP contribution in [-0.4, -0.2) is 8.42 Å². The van der Waals surface area contributed by atoms with E-state index in [4.69, 9.17) is 4.18 Å². The predicted molar refractivity (Wildman–Crippen MR) is 94.2 cm³/mol. The van der Waals surface area contributed by atoms with Crippen LogP contribution in [0.3, 0.4) is 0 Å². The minimum absolute atomic E-state index is 0.00434. The Morgan fingerprint density at radius 2 is 1.65 bits per heavy atom. The third kappa shape index (κ3) is 4.02. The molecular formula is C19H22O3S. The number of hydrogen-bond donors (Lipinski definition) is 0. The summed E-state index contributed by atoms with van der Waals surface area (Å²) in [5.41, 5.74) is 2.62. The lowest BCUT2D eigenvalue weighted by molar-refractivity contribution is 0.485. The summed E-state index contributed by atoms with van der Waals surface area (Å²) < 4.78 is 30.3. The topological polar surface area (TPSA) is 43.4 Å². The predicted octanol–water partition coefficient (Wildman–Crippen LogP) is 4.70. The molecule has 0 saturated heterocycles. The van der Waals surface area contributed by atoms with Gasteiger partial charge in [-0.05, 0) is 41.7 Å². The van der Waals surface area contributed by atoms with E-state index in [2.05, 4.69) is 27.4 Å². The lowest BCUT2D eigenvalue weighted by Gasteiger charge is -2.19. The van der Waals surface area contributed by atoms with Gasteiger partial charge in [0.15, 0.2) is 0 Å². The Labute approximate surface area is 138 Å². The minimum Gasteiger partial charge on any atom is -0.379 e. The molecule has 0 fully saturated rings. The molecule has 0 heterocycles. The molecule has 0 aliphatic carbocycles. The number of rotatable bonds is 4. The van der Waals surface area contributed by atoms with E-state index >= 15 is 0 Å². The molecule has 0 saturated carbocycles. The fourth-order valence-corrected chi connectivity index (χ4v) is 3.36. The summed E-state index contributed by atoms with van der Waals surface area (Å²) in [7, 11) is -3.89. The zero-order valence-electron chi connectivity index (χ0n) is 14.0. The normalized spacial score (nSPS) is 12.0. The molecule has 23 heavy (non-hydrogen) atoms. The zero-order valence-corrected chi connectivity index (χ0v) is 14.8. The van der Waals surface area contributed by atoms with Crippen LogP contribution >= 0.6 is 0 Å². The van der Waals surface area contributed by atoms with Gasteiger partial charge < -0.3 is 4.18 Å². The first-order valence-electron chi connectivity index (χ1n) is 7.41. The molecule has 2 aromatic rings. The van der Waals surface area contributed by atoms with Crippen LogP contribution in [0.4, 0.5) is 0 Å².